The van der Waals surface area contributed by atoms with E-state index in [1.54, 1.807) is 32.7 Å². The van der Waals surface area contributed by atoms with Crippen LogP contribution in [-0.2, 0) is 27.1 Å². The summed E-state index contributed by atoms with van der Waals surface area (Å²) in [6.45, 7) is 4.69. The fourth-order valence-corrected chi connectivity index (χ4v) is 4.16. The van der Waals surface area contributed by atoms with E-state index in [-0.39, 0.29) is 24.7 Å². The lowest BCUT2D eigenvalue weighted by molar-refractivity contribution is -0.117. The molecule has 0 aliphatic rings. The van der Waals surface area contributed by atoms with Gasteiger partial charge in [0.25, 0.3) is 0 Å². The second kappa shape index (κ2) is 10.3. The molecule has 0 saturated carbocycles. The Morgan fingerprint density at radius 1 is 1.20 bits per heavy atom. The number of ketones is 1. The minimum Gasteiger partial charge on any atom is -0.474 e. The van der Waals surface area contributed by atoms with Gasteiger partial charge in [0.1, 0.15) is 27.8 Å². The molecular weight excluding hydrogens is 426 g/mol. The van der Waals surface area contributed by atoms with Gasteiger partial charge < -0.3 is 14.2 Å². The molecule has 1 atom stereocenters. The molecule has 9 heteroatoms. The smallest absolute Gasteiger partial charge is 0.232 e. The number of hydrogen-bond donors (Lipinski definition) is 0. The molecular formula is C21H24ClN3O4S. The number of ether oxygens (including phenoxy) is 3. The Morgan fingerprint density at radius 3 is 2.70 bits per heavy atom. The average Bonchev–Trinajstić information content (AvgIpc) is 3.09. The van der Waals surface area contributed by atoms with E-state index in [9.17, 15) is 4.79 Å². The molecule has 0 aromatic carbocycles. The van der Waals surface area contributed by atoms with Crippen molar-refractivity contribution in [3.63, 3.8) is 0 Å². The fourth-order valence-electron chi connectivity index (χ4n) is 3.14. The van der Waals surface area contributed by atoms with Crippen LogP contribution in [0.3, 0.4) is 0 Å². The third-order valence-corrected chi connectivity index (χ3v) is 5.74. The maximum absolute atomic E-state index is 12.8. The highest BCUT2D eigenvalue weighted by atomic mass is 35.5. The van der Waals surface area contributed by atoms with Crippen LogP contribution in [-0.4, -0.2) is 48.2 Å². The van der Waals surface area contributed by atoms with E-state index in [0.29, 0.717) is 24.1 Å². The Labute approximate surface area is 184 Å². The Balaban J connectivity index is 1.76. The fraction of sp³-hybridized carbons (Fsp3) is 0.429. The van der Waals surface area contributed by atoms with Crippen molar-refractivity contribution in [2.45, 2.75) is 32.8 Å². The van der Waals surface area contributed by atoms with Crippen molar-refractivity contribution < 1.29 is 19.0 Å². The van der Waals surface area contributed by atoms with Gasteiger partial charge in [-0.15, -0.1) is 0 Å². The molecule has 3 aromatic heterocycles. The summed E-state index contributed by atoms with van der Waals surface area (Å²) in [6, 6.07) is 1.71. The molecule has 160 valence electrons. The molecule has 3 aromatic rings. The number of hydrogen-bond acceptors (Lipinski definition) is 8. The molecule has 3 heterocycles. The van der Waals surface area contributed by atoms with Crippen LogP contribution in [0.15, 0.2) is 18.5 Å². The highest BCUT2D eigenvalue weighted by Crippen LogP contribution is 2.31. The predicted octanol–water partition coefficient (Wildman–Crippen LogP) is 4.14. The third kappa shape index (κ3) is 5.31. The van der Waals surface area contributed by atoms with Crippen molar-refractivity contribution in [1.82, 2.24) is 15.0 Å². The maximum Gasteiger partial charge on any atom is 0.232 e. The number of aryl methyl sites for hydroxylation is 1. The summed E-state index contributed by atoms with van der Waals surface area (Å²) in [4.78, 5) is 26.9. The van der Waals surface area contributed by atoms with Crippen LogP contribution >= 0.6 is 22.9 Å². The van der Waals surface area contributed by atoms with Crippen LogP contribution in [0.5, 0.6) is 5.88 Å². The van der Waals surface area contributed by atoms with Crippen molar-refractivity contribution in [3.8, 4) is 5.88 Å². The number of nitrogens with zero attached hydrogens (tertiary/aromatic N) is 3. The molecule has 0 radical (unpaired) electrons. The summed E-state index contributed by atoms with van der Waals surface area (Å²) >= 11 is 7.76. The quantitative estimate of drug-likeness (QED) is 0.430. The SMILES string of the molecule is COCCOc1ncc(CC(=O)Cc2cnc3sc(C)nc3c2[C@H](C)OC)cc1Cl. The highest BCUT2D eigenvalue weighted by Gasteiger charge is 2.20. The Kier molecular flexibility index (Phi) is 7.71. The predicted molar refractivity (Wildman–Crippen MR) is 117 cm³/mol. The average molecular weight is 450 g/mol. The largest absolute Gasteiger partial charge is 0.474 e. The molecule has 7 nitrogen and oxygen atoms in total. The summed E-state index contributed by atoms with van der Waals surface area (Å²) in [5, 5.41) is 1.30. The number of rotatable bonds is 10. The van der Waals surface area contributed by atoms with Crippen molar-refractivity contribution in [2.24, 2.45) is 0 Å². The molecule has 0 fully saturated rings. The van der Waals surface area contributed by atoms with Crippen molar-refractivity contribution >= 4 is 39.1 Å². The Morgan fingerprint density at radius 2 is 2.00 bits per heavy atom. The number of fused-ring (bicyclic) bond motifs is 1. The second-order valence-corrected chi connectivity index (χ2v) is 8.41. The van der Waals surface area contributed by atoms with E-state index in [1.165, 1.54) is 11.3 Å². The van der Waals surface area contributed by atoms with E-state index < -0.39 is 0 Å². The van der Waals surface area contributed by atoms with Gasteiger partial charge in [-0.2, -0.15) is 0 Å². The Hall–Kier alpha value is -2.13. The van der Waals surface area contributed by atoms with Gasteiger partial charge in [-0.1, -0.05) is 22.9 Å². The lowest BCUT2D eigenvalue weighted by Gasteiger charge is -2.15. The lowest BCUT2D eigenvalue weighted by atomic mass is 9.98. The molecule has 0 aliphatic heterocycles. The number of aromatic nitrogens is 3. The van der Waals surface area contributed by atoms with E-state index in [2.05, 4.69) is 15.0 Å². The first kappa shape index (κ1) is 22.6. The van der Waals surface area contributed by atoms with Crippen LogP contribution in [0.4, 0.5) is 0 Å². The normalized spacial score (nSPS) is 12.3. The minimum absolute atomic E-state index is 0.0265. The maximum atomic E-state index is 12.8. The third-order valence-electron chi connectivity index (χ3n) is 4.59. The lowest BCUT2D eigenvalue weighted by Crippen LogP contribution is -2.12. The molecule has 0 unspecified atom stereocenters. The topological polar surface area (TPSA) is 83.4 Å². The van der Waals surface area contributed by atoms with Gasteiger partial charge in [-0.05, 0) is 31.0 Å². The molecule has 0 saturated heterocycles. The molecule has 0 spiro atoms. The van der Waals surface area contributed by atoms with Gasteiger partial charge in [-0.3, -0.25) is 4.79 Å². The number of thiazole rings is 1. The zero-order valence-corrected chi connectivity index (χ0v) is 19.0. The molecule has 0 bridgehead atoms. The second-order valence-electron chi connectivity index (χ2n) is 6.83. The number of Topliss-reactive ketones (excluding diaryl/α,β-unsaturated/α-hetero) is 1. The number of carbonyl (C=O) groups is 1. The summed E-state index contributed by atoms with van der Waals surface area (Å²) in [6.07, 6.45) is 3.60. The number of carbonyl (C=O) groups excluding carboxylic acids is 1. The number of methoxy groups -OCH3 is 2. The van der Waals surface area contributed by atoms with Crippen LogP contribution in [0.2, 0.25) is 5.02 Å². The van der Waals surface area contributed by atoms with E-state index in [1.807, 2.05) is 13.8 Å². The van der Waals surface area contributed by atoms with E-state index >= 15 is 0 Å². The first-order valence-electron chi connectivity index (χ1n) is 9.48. The van der Waals surface area contributed by atoms with Gasteiger partial charge in [-0.25, -0.2) is 15.0 Å². The molecule has 0 amide bonds. The monoisotopic (exact) mass is 449 g/mol. The first-order chi connectivity index (χ1) is 14.4. The van der Waals surface area contributed by atoms with E-state index in [4.69, 9.17) is 25.8 Å². The van der Waals surface area contributed by atoms with Crippen LogP contribution in [0, 0.1) is 6.92 Å². The van der Waals surface area contributed by atoms with Gasteiger partial charge in [0.2, 0.25) is 5.88 Å². The van der Waals surface area contributed by atoms with E-state index in [0.717, 1.165) is 32.0 Å². The minimum atomic E-state index is -0.195. The van der Waals surface area contributed by atoms with Gasteiger partial charge >= 0.3 is 0 Å². The standard InChI is InChI=1S/C21H24ClN3O4S/c1-12(28-4)18-15(11-24-21-19(18)25-13(2)30-21)9-16(26)7-14-8-17(22)20(23-10-14)29-6-5-27-3/h8,10-12H,5-7,9H2,1-4H3/t12-/m0/s1. The number of pyridine rings is 2. The molecule has 30 heavy (non-hydrogen) atoms. The van der Waals surface area contributed by atoms with Gasteiger partial charge in [0.05, 0.1) is 17.7 Å². The highest BCUT2D eigenvalue weighted by molar-refractivity contribution is 7.18. The summed E-state index contributed by atoms with van der Waals surface area (Å²) in [5.41, 5.74) is 3.27. The summed E-state index contributed by atoms with van der Waals surface area (Å²) in [7, 11) is 3.24. The number of halogens is 1. The molecule has 0 aliphatic carbocycles. The van der Waals surface area contributed by atoms with Crippen LogP contribution in [0.1, 0.15) is 34.7 Å². The molecule has 0 N–H and O–H groups in total. The van der Waals surface area contributed by atoms with Crippen LogP contribution < -0.4 is 4.74 Å². The van der Waals surface area contributed by atoms with Crippen LogP contribution in [0.25, 0.3) is 10.3 Å². The summed E-state index contributed by atoms with van der Waals surface area (Å²) < 4.78 is 15.9. The first-order valence-corrected chi connectivity index (χ1v) is 10.7. The van der Waals surface area contributed by atoms with Crippen molar-refractivity contribution in [3.05, 3.63) is 45.2 Å². The van der Waals surface area contributed by atoms with Gasteiger partial charge in [0.15, 0.2) is 0 Å². The van der Waals surface area contributed by atoms with Crippen molar-refractivity contribution in [2.75, 3.05) is 27.4 Å². The van der Waals surface area contributed by atoms with Gasteiger partial charge in [0, 0.05) is 45.0 Å². The summed E-state index contributed by atoms with van der Waals surface area (Å²) in [5.74, 6) is 0.355. The molecule has 3 rings (SSSR count). The zero-order valence-electron chi connectivity index (χ0n) is 17.4. The zero-order chi connectivity index (χ0) is 21.7. The Bertz CT molecular complexity index is 1040. The van der Waals surface area contributed by atoms with Crippen molar-refractivity contribution in [1.29, 1.82) is 0 Å².